The zero-order valence-electron chi connectivity index (χ0n) is 13.0. The third-order valence-electron chi connectivity index (χ3n) is 1.87. The van der Waals surface area contributed by atoms with Crippen molar-refractivity contribution in [2.24, 2.45) is 0 Å². The van der Waals surface area contributed by atoms with Crippen molar-refractivity contribution in [3.8, 4) is 5.75 Å². The highest BCUT2D eigenvalue weighted by molar-refractivity contribution is 7.42. The molecule has 108 valence electrons. The Hall–Kier alpha value is -0.630. The fourth-order valence-electron chi connectivity index (χ4n) is 1.26. The van der Waals surface area contributed by atoms with E-state index in [-0.39, 0.29) is 11.2 Å². The van der Waals surface area contributed by atoms with E-state index in [0.717, 1.165) is 11.3 Å². The summed E-state index contributed by atoms with van der Waals surface area (Å²) in [5.74, 6) is 0.777. The molecular formula is C15H25O3P. The predicted molar refractivity (Wildman–Crippen MR) is 80.4 cm³/mol. The summed E-state index contributed by atoms with van der Waals surface area (Å²) in [4.78, 5) is 0. The zero-order chi connectivity index (χ0) is 14.7. The Morgan fingerprint density at radius 3 is 1.84 bits per heavy atom. The van der Waals surface area contributed by atoms with Crippen molar-refractivity contribution < 1.29 is 13.6 Å². The second-order valence-corrected chi connectivity index (χ2v) is 7.53. The van der Waals surface area contributed by atoms with Gasteiger partial charge in [0, 0.05) is 0 Å². The number of benzene rings is 1. The summed E-state index contributed by atoms with van der Waals surface area (Å²) in [6.07, 6.45) is 0. The van der Waals surface area contributed by atoms with Gasteiger partial charge in [0.1, 0.15) is 5.75 Å². The number of hydrogen-bond acceptors (Lipinski definition) is 3. The van der Waals surface area contributed by atoms with Crippen molar-refractivity contribution in [3.63, 3.8) is 0 Å². The minimum Gasteiger partial charge on any atom is -0.427 e. The molecule has 0 spiro atoms. The molecule has 0 fully saturated rings. The molecule has 1 aromatic carbocycles. The quantitative estimate of drug-likeness (QED) is 0.708. The molecule has 19 heavy (non-hydrogen) atoms. The Kier molecular flexibility index (Phi) is 5.37. The van der Waals surface area contributed by atoms with E-state index in [0.29, 0.717) is 0 Å². The molecule has 0 unspecified atom stereocenters. The molecule has 0 heterocycles. The van der Waals surface area contributed by atoms with Crippen molar-refractivity contribution in [1.29, 1.82) is 0 Å². The first-order valence-corrected chi connectivity index (χ1v) is 7.58. The third-order valence-corrected chi connectivity index (χ3v) is 3.62. The second kappa shape index (κ2) is 6.21. The fraction of sp³-hybridized carbons (Fsp3) is 0.600. The first-order chi connectivity index (χ1) is 8.55. The van der Waals surface area contributed by atoms with Gasteiger partial charge < -0.3 is 4.52 Å². The number of hydrogen-bond donors (Lipinski definition) is 0. The Balaban J connectivity index is 2.79. The molecule has 0 saturated carbocycles. The van der Waals surface area contributed by atoms with Gasteiger partial charge >= 0.3 is 8.60 Å². The molecule has 0 aliphatic rings. The summed E-state index contributed by atoms with van der Waals surface area (Å²) in [5, 5.41) is 0. The molecule has 0 aliphatic carbocycles. The van der Waals surface area contributed by atoms with E-state index in [4.69, 9.17) is 13.6 Å². The molecule has 0 aliphatic heterocycles. The topological polar surface area (TPSA) is 27.7 Å². The van der Waals surface area contributed by atoms with Crippen LogP contribution in [0, 0.1) is 6.92 Å². The van der Waals surface area contributed by atoms with Gasteiger partial charge in [-0.25, -0.2) is 0 Å². The summed E-state index contributed by atoms with van der Waals surface area (Å²) >= 11 is 0. The van der Waals surface area contributed by atoms with Gasteiger partial charge in [-0.2, -0.15) is 0 Å². The molecule has 0 amide bonds. The fourth-order valence-corrected chi connectivity index (χ4v) is 2.55. The van der Waals surface area contributed by atoms with Crippen molar-refractivity contribution in [2.45, 2.75) is 59.7 Å². The standard InChI is InChI=1S/C15H25O3P/c1-12-9-8-10-13(11-12)16-19(17-14(2,3)4)18-15(5,6)7/h8-11H,1-7H3. The summed E-state index contributed by atoms with van der Waals surface area (Å²) < 4.78 is 17.6. The smallest absolute Gasteiger partial charge is 0.398 e. The van der Waals surface area contributed by atoms with Gasteiger partial charge in [-0.3, -0.25) is 9.05 Å². The minimum absolute atomic E-state index is 0.305. The van der Waals surface area contributed by atoms with E-state index >= 15 is 0 Å². The lowest BCUT2D eigenvalue weighted by Gasteiger charge is -2.30. The van der Waals surface area contributed by atoms with Crippen LogP contribution in [-0.4, -0.2) is 11.2 Å². The molecule has 0 saturated heterocycles. The third kappa shape index (κ3) is 7.51. The Bertz CT molecular complexity index is 389. The molecule has 0 N–H and O–H groups in total. The Morgan fingerprint density at radius 2 is 1.42 bits per heavy atom. The molecule has 0 radical (unpaired) electrons. The van der Waals surface area contributed by atoms with Crippen LogP contribution < -0.4 is 4.52 Å². The average molecular weight is 284 g/mol. The maximum Gasteiger partial charge on any atom is 0.398 e. The van der Waals surface area contributed by atoms with Crippen LogP contribution >= 0.6 is 8.60 Å². The highest BCUT2D eigenvalue weighted by atomic mass is 31.2. The lowest BCUT2D eigenvalue weighted by Crippen LogP contribution is -2.23. The second-order valence-electron chi connectivity index (χ2n) is 6.54. The molecule has 3 nitrogen and oxygen atoms in total. The van der Waals surface area contributed by atoms with Gasteiger partial charge in [-0.15, -0.1) is 0 Å². The van der Waals surface area contributed by atoms with Crippen LogP contribution in [0.5, 0.6) is 5.75 Å². The number of rotatable bonds is 4. The predicted octanol–water partition coefficient (Wildman–Crippen LogP) is 5.23. The van der Waals surface area contributed by atoms with Crippen molar-refractivity contribution in [1.82, 2.24) is 0 Å². The van der Waals surface area contributed by atoms with Crippen LogP contribution in [0.4, 0.5) is 0 Å². The van der Waals surface area contributed by atoms with Crippen molar-refractivity contribution in [3.05, 3.63) is 29.8 Å². The molecule has 4 heteroatoms. The number of aryl methyl sites for hydroxylation is 1. The molecule has 0 bridgehead atoms. The highest BCUT2D eigenvalue weighted by Crippen LogP contribution is 2.47. The molecule has 1 aromatic rings. The van der Waals surface area contributed by atoms with E-state index < -0.39 is 8.60 Å². The molecule has 0 aromatic heterocycles. The van der Waals surface area contributed by atoms with Crippen molar-refractivity contribution in [2.75, 3.05) is 0 Å². The van der Waals surface area contributed by atoms with Gasteiger partial charge in [-0.05, 0) is 66.2 Å². The highest BCUT2D eigenvalue weighted by Gasteiger charge is 2.28. The minimum atomic E-state index is -1.43. The summed E-state index contributed by atoms with van der Waals surface area (Å²) in [6, 6.07) is 7.89. The lowest BCUT2D eigenvalue weighted by atomic mass is 10.2. The van der Waals surface area contributed by atoms with Crippen LogP contribution in [-0.2, 0) is 9.05 Å². The maximum atomic E-state index is 5.88. The van der Waals surface area contributed by atoms with Crippen LogP contribution in [0.1, 0.15) is 47.1 Å². The molecule has 0 atom stereocenters. The van der Waals surface area contributed by atoms with Gasteiger partial charge in [0.25, 0.3) is 0 Å². The average Bonchev–Trinajstić information content (AvgIpc) is 2.11. The van der Waals surface area contributed by atoms with E-state index in [1.54, 1.807) is 0 Å². The normalized spacial score (nSPS) is 12.8. The van der Waals surface area contributed by atoms with Crippen LogP contribution in [0.3, 0.4) is 0 Å². The van der Waals surface area contributed by atoms with E-state index in [9.17, 15) is 0 Å². The van der Waals surface area contributed by atoms with Gasteiger partial charge in [0.05, 0.1) is 11.2 Å². The Labute approximate surface area is 118 Å². The van der Waals surface area contributed by atoms with Crippen molar-refractivity contribution >= 4 is 8.60 Å². The zero-order valence-corrected chi connectivity index (χ0v) is 13.9. The maximum absolute atomic E-state index is 5.88. The Morgan fingerprint density at radius 1 is 0.895 bits per heavy atom. The summed E-state index contributed by atoms with van der Waals surface area (Å²) in [5.41, 5.74) is 0.542. The van der Waals surface area contributed by atoms with Gasteiger partial charge in [-0.1, -0.05) is 12.1 Å². The first kappa shape index (κ1) is 16.4. The molecular weight excluding hydrogens is 259 g/mol. The van der Waals surface area contributed by atoms with E-state index in [1.165, 1.54) is 0 Å². The van der Waals surface area contributed by atoms with Crippen LogP contribution in [0.25, 0.3) is 0 Å². The van der Waals surface area contributed by atoms with E-state index in [2.05, 4.69) is 0 Å². The van der Waals surface area contributed by atoms with Gasteiger partial charge in [0.15, 0.2) is 0 Å². The summed E-state index contributed by atoms with van der Waals surface area (Å²) in [7, 11) is -1.43. The SMILES string of the molecule is Cc1cccc(OP(OC(C)(C)C)OC(C)(C)C)c1. The lowest BCUT2D eigenvalue weighted by molar-refractivity contribution is 0.0504. The van der Waals surface area contributed by atoms with E-state index in [1.807, 2.05) is 72.7 Å². The van der Waals surface area contributed by atoms with Crippen LogP contribution in [0.15, 0.2) is 24.3 Å². The monoisotopic (exact) mass is 284 g/mol. The van der Waals surface area contributed by atoms with Gasteiger partial charge in [0.2, 0.25) is 0 Å². The largest absolute Gasteiger partial charge is 0.427 e. The summed E-state index contributed by atoms with van der Waals surface area (Å²) in [6.45, 7) is 14.0. The molecule has 1 rings (SSSR count). The first-order valence-electron chi connectivity index (χ1n) is 6.48. The van der Waals surface area contributed by atoms with Crippen LogP contribution in [0.2, 0.25) is 0 Å².